The summed E-state index contributed by atoms with van der Waals surface area (Å²) in [5, 5.41) is 7.44. The molecule has 0 aliphatic carbocycles. The molecule has 2 rings (SSSR count). The van der Waals surface area contributed by atoms with E-state index in [-0.39, 0.29) is 12.5 Å². The number of halogens is 1. The molecule has 2 aromatic rings. The zero-order valence-electron chi connectivity index (χ0n) is 10.7. The monoisotopic (exact) mass is 277 g/mol. The van der Waals surface area contributed by atoms with Gasteiger partial charge in [0.25, 0.3) is 0 Å². The summed E-state index contributed by atoms with van der Waals surface area (Å²) in [6, 6.07) is 7.39. The first-order valence-electron chi connectivity index (χ1n) is 6.26. The highest BCUT2D eigenvalue weighted by molar-refractivity contribution is 6.35. The first-order chi connectivity index (χ1) is 9.22. The Labute approximate surface area is 117 Å². The Balaban J connectivity index is 2.13. The average molecular weight is 278 g/mol. The minimum Gasteiger partial charge on any atom is -0.374 e. The van der Waals surface area contributed by atoms with E-state index in [0.717, 1.165) is 23.0 Å². The lowest BCUT2D eigenvalue weighted by molar-refractivity contribution is -0.119. The van der Waals surface area contributed by atoms with Crippen LogP contribution in [0.15, 0.2) is 30.5 Å². The molecule has 0 fully saturated rings. The zero-order chi connectivity index (χ0) is 13.7. The minimum atomic E-state index is -0.0270. The van der Waals surface area contributed by atoms with Crippen LogP contribution in [0.2, 0.25) is 5.02 Å². The van der Waals surface area contributed by atoms with Crippen LogP contribution >= 0.6 is 11.6 Å². The summed E-state index contributed by atoms with van der Waals surface area (Å²) >= 11 is 6.11. The quantitative estimate of drug-likeness (QED) is 0.884. The molecule has 4 nitrogen and oxygen atoms in total. The standard InChI is InChI=1S/C14H16ClN3O/c1-2-7-16-13(19)9-18-12-6-5-11(15)10-4-3-8-17-14(10)12/h3-6,8,18H,2,7,9H2,1H3,(H,16,19). The number of pyridine rings is 1. The van der Waals surface area contributed by atoms with Gasteiger partial charge in [-0.15, -0.1) is 0 Å². The fraction of sp³-hybridized carbons (Fsp3) is 0.286. The van der Waals surface area contributed by atoms with Crippen LogP contribution in [0.25, 0.3) is 10.9 Å². The molecule has 0 saturated heterocycles. The number of amides is 1. The summed E-state index contributed by atoms with van der Waals surface area (Å²) in [6.07, 6.45) is 2.64. The summed E-state index contributed by atoms with van der Waals surface area (Å²) in [7, 11) is 0. The number of hydrogen-bond acceptors (Lipinski definition) is 3. The van der Waals surface area contributed by atoms with Crippen molar-refractivity contribution in [1.29, 1.82) is 0 Å². The smallest absolute Gasteiger partial charge is 0.239 e. The third kappa shape index (κ3) is 3.35. The van der Waals surface area contributed by atoms with E-state index < -0.39 is 0 Å². The van der Waals surface area contributed by atoms with E-state index in [9.17, 15) is 4.79 Å². The van der Waals surface area contributed by atoms with Crippen molar-refractivity contribution >= 4 is 34.1 Å². The Hall–Kier alpha value is -1.81. The molecule has 0 spiro atoms. The second-order valence-electron chi connectivity index (χ2n) is 4.20. The normalized spacial score (nSPS) is 10.4. The first-order valence-corrected chi connectivity index (χ1v) is 6.64. The minimum absolute atomic E-state index is 0.0270. The molecule has 0 atom stereocenters. The number of benzene rings is 1. The van der Waals surface area contributed by atoms with Crippen LogP contribution in [0, 0.1) is 0 Å². The Bertz CT molecular complexity index is 586. The van der Waals surface area contributed by atoms with E-state index in [0.29, 0.717) is 11.6 Å². The van der Waals surface area contributed by atoms with Gasteiger partial charge in [-0.05, 0) is 30.7 Å². The lowest BCUT2D eigenvalue weighted by Gasteiger charge is -2.10. The molecule has 0 unspecified atom stereocenters. The molecule has 0 bridgehead atoms. The number of nitrogens with zero attached hydrogens (tertiary/aromatic N) is 1. The van der Waals surface area contributed by atoms with Gasteiger partial charge in [0.1, 0.15) is 0 Å². The molecule has 2 N–H and O–H groups in total. The van der Waals surface area contributed by atoms with Gasteiger partial charge in [0.05, 0.1) is 22.8 Å². The van der Waals surface area contributed by atoms with Crippen LogP contribution in [0.1, 0.15) is 13.3 Å². The number of hydrogen-bond donors (Lipinski definition) is 2. The molecule has 100 valence electrons. The Morgan fingerprint density at radius 1 is 1.37 bits per heavy atom. The average Bonchev–Trinajstić information content (AvgIpc) is 2.45. The SMILES string of the molecule is CCCNC(=O)CNc1ccc(Cl)c2cccnc12. The van der Waals surface area contributed by atoms with Crippen molar-refractivity contribution in [2.75, 3.05) is 18.4 Å². The predicted octanol–water partition coefficient (Wildman–Crippen LogP) is 2.83. The molecule has 1 heterocycles. The van der Waals surface area contributed by atoms with Gasteiger partial charge in [-0.3, -0.25) is 9.78 Å². The van der Waals surface area contributed by atoms with Gasteiger partial charge < -0.3 is 10.6 Å². The summed E-state index contributed by atoms with van der Waals surface area (Å²) < 4.78 is 0. The molecule has 0 radical (unpaired) electrons. The Morgan fingerprint density at radius 2 is 2.21 bits per heavy atom. The van der Waals surface area contributed by atoms with Crippen LogP contribution in [-0.4, -0.2) is 24.0 Å². The molecular formula is C14H16ClN3O. The molecule has 0 aliphatic rings. The van der Waals surface area contributed by atoms with Crippen LogP contribution in [0.4, 0.5) is 5.69 Å². The topological polar surface area (TPSA) is 54.0 Å². The maximum absolute atomic E-state index is 11.6. The van der Waals surface area contributed by atoms with Crippen LogP contribution in [0.5, 0.6) is 0 Å². The van der Waals surface area contributed by atoms with Gasteiger partial charge in [0.15, 0.2) is 0 Å². The fourth-order valence-corrected chi connectivity index (χ4v) is 2.00. The highest BCUT2D eigenvalue weighted by atomic mass is 35.5. The molecule has 5 heteroatoms. The van der Waals surface area contributed by atoms with Crippen molar-refractivity contribution in [3.63, 3.8) is 0 Å². The van der Waals surface area contributed by atoms with E-state index in [4.69, 9.17) is 11.6 Å². The number of carbonyl (C=O) groups excluding carboxylic acids is 1. The summed E-state index contributed by atoms with van der Waals surface area (Å²) in [4.78, 5) is 15.9. The highest BCUT2D eigenvalue weighted by Gasteiger charge is 2.06. The molecule has 0 aliphatic heterocycles. The van der Waals surface area contributed by atoms with E-state index in [1.165, 1.54) is 0 Å². The first kappa shape index (κ1) is 13.6. The van der Waals surface area contributed by atoms with Gasteiger partial charge in [0.2, 0.25) is 5.91 Å². The van der Waals surface area contributed by atoms with Crippen molar-refractivity contribution in [3.05, 3.63) is 35.5 Å². The molecule has 1 aromatic heterocycles. The number of aromatic nitrogens is 1. The number of fused-ring (bicyclic) bond motifs is 1. The van der Waals surface area contributed by atoms with Gasteiger partial charge in [-0.2, -0.15) is 0 Å². The lowest BCUT2D eigenvalue weighted by atomic mass is 10.2. The second-order valence-corrected chi connectivity index (χ2v) is 4.61. The molecule has 1 amide bonds. The van der Waals surface area contributed by atoms with Gasteiger partial charge in [-0.25, -0.2) is 0 Å². The maximum Gasteiger partial charge on any atom is 0.239 e. The van der Waals surface area contributed by atoms with E-state index >= 15 is 0 Å². The van der Waals surface area contributed by atoms with Gasteiger partial charge in [-0.1, -0.05) is 18.5 Å². The van der Waals surface area contributed by atoms with E-state index in [1.807, 2.05) is 25.1 Å². The van der Waals surface area contributed by atoms with E-state index in [2.05, 4.69) is 15.6 Å². The third-order valence-electron chi connectivity index (χ3n) is 2.73. The number of rotatable bonds is 5. The number of carbonyl (C=O) groups is 1. The maximum atomic E-state index is 11.6. The highest BCUT2D eigenvalue weighted by Crippen LogP contribution is 2.27. The van der Waals surface area contributed by atoms with Crippen molar-refractivity contribution in [2.24, 2.45) is 0 Å². The van der Waals surface area contributed by atoms with Crippen molar-refractivity contribution in [1.82, 2.24) is 10.3 Å². The zero-order valence-corrected chi connectivity index (χ0v) is 11.5. The van der Waals surface area contributed by atoms with Crippen molar-refractivity contribution < 1.29 is 4.79 Å². The van der Waals surface area contributed by atoms with E-state index in [1.54, 1.807) is 12.3 Å². The molecular weight excluding hydrogens is 262 g/mol. The lowest BCUT2D eigenvalue weighted by Crippen LogP contribution is -2.30. The summed E-state index contributed by atoms with van der Waals surface area (Å²) in [5.41, 5.74) is 1.59. The fourth-order valence-electron chi connectivity index (χ4n) is 1.78. The molecule has 1 aromatic carbocycles. The summed E-state index contributed by atoms with van der Waals surface area (Å²) in [6.45, 7) is 2.94. The predicted molar refractivity (Wildman–Crippen MR) is 78.5 cm³/mol. The van der Waals surface area contributed by atoms with Crippen molar-refractivity contribution in [3.8, 4) is 0 Å². The van der Waals surface area contributed by atoms with Crippen LogP contribution in [-0.2, 0) is 4.79 Å². The van der Waals surface area contributed by atoms with Crippen LogP contribution < -0.4 is 10.6 Å². The van der Waals surface area contributed by atoms with Crippen LogP contribution in [0.3, 0.4) is 0 Å². The second kappa shape index (κ2) is 6.38. The molecule has 0 saturated carbocycles. The van der Waals surface area contributed by atoms with Gasteiger partial charge in [0, 0.05) is 18.1 Å². The largest absolute Gasteiger partial charge is 0.374 e. The summed E-state index contributed by atoms with van der Waals surface area (Å²) in [5.74, 6) is -0.0270. The Kier molecular flexibility index (Phi) is 4.58. The molecule has 19 heavy (non-hydrogen) atoms. The third-order valence-corrected chi connectivity index (χ3v) is 3.06. The number of nitrogens with one attached hydrogen (secondary N) is 2. The number of anilines is 1. The van der Waals surface area contributed by atoms with Gasteiger partial charge >= 0.3 is 0 Å². The Morgan fingerprint density at radius 3 is 3.00 bits per heavy atom. The van der Waals surface area contributed by atoms with Crippen molar-refractivity contribution in [2.45, 2.75) is 13.3 Å².